The molecule has 0 saturated carbocycles. The molecule has 0 aliphatic rings. The van der Waals surface area contributed by atoms with Crippen molar-refractivity contribution >= 4 is 40.1 Å². The maximum atomic E-state index is 12.4. The minimum absolute atomic E-state index is 0.129. The van der Waals surface area contributed by atoms with Crippen LogP contribution in [0.4, 0.5) is 8.78 Å². The van der Waals surface area contributed by atoms with Crippen molar-refractivity contribution in [3.8, 4) is 0 Å². The van der Waals surface area contributed by atoms with Crippen molar-refractivity contribution in [1.29, 1.82) is 0 Å². The van der Waals surface area contributed by atoms with Crippen LogP contribution in [0.25, 0.3) is 0 Å². The van der Waals surface area contributed by atoms with E-state index >= 15 is 0 Å². The summed E-state index contributed by atoms with van der Waals surface area (Å²) in [6.07, 6.45) is -2.71. The lowest BCUT2D eigenvalue weighted by Crippen LogP contribution is -2.14. The second-order valence-electron chi connectivity index (χ2n) is 2.37. The van der Waals surface area contributed by atoms with E-state index in [2.05, 4.69) is 4.98 Å². The average molecular weight is 332 g/mol. The molecule has 3 nitrogen and oxygen atoms in total. The zero-order valence-corrected chi connectivity index (χ0v) is 9.51. The number of halogens is 4. The molecular weight excluding hydrogens is 328 g/mol. The van der Waals surface area contributed by atoms with Crippen molar-refractivity contribution in [2.24, 2.45) is 5.73 Å². The van der Waals surface area contributed by atoms with E-state index in [1.54, 1.807) is 22.6 Å². The van der Waals surface area contributed by atoms with Crippen LogP contribution in [0.15, 0.2) is 6.07 Å². The summed E-state index contributed by atoms with van der Waals surface area (Å²) < 4.78 is 24.9. The monoisotopic (exact) mass is 332 g/mol. The van der Waals surface area contributed by atoms with E-state index in [9.17, 15) is 13.6 Å². The minimum atomic E-state index is -2.71. The summed E-state index contributed by atoms with van der Waals surface area (Å²) in [7, 11) is 0. The van der Waals surface area contributed by atoms with E-state index in [1.165, 1.54) is 0 Å². The van der Waals surface area contributed by atoms with Gasteiger partial charge in [0.25, 0.3) is 12.3 Å². The fourth-order valence-electron chi connectivity index (χ4n) is 0.802. The van der Waals surface area contributed by atoms with Crippen molar-refractivity contribution in [3.05, 3.63) is 26.0 Å². The number of carbonyl (C=O) groups excluding carboxylic acids is 1. The molecule has 0 fully saturated rings. The van der Waals surface area contributed by atoms with Crippen molar-refractivity contribution in [2.45, 2.75) is 6.43 Å². The molecule has 0 bridgehead atoms. The number of carbonyl (C=O) groups is 1. The zero-order chi connectivity index (χ0) is 10.9. The third-order valence-corrected chi connectivity index (χ3v) is 3.16. The third kappa shape index (κ3) is 2.30. The second-order valence-corrected chi connectivity index (χ2v) is 3.80. The average Bonchev–Trinajstić information content (AvgIpc) is 2.08. The number of hydrogen-bond donors (Lipinski definition) is 1. The molecule has 76 valence electrons. The SMILES string of the molecule is NC(=O)c1cc(C(F)F)c(I)c(Cl)n1. The van der Waals surface area contributed by atoms with Crippen LogP contribution in [0.1, 0.15) is 22.5 Å². The van der Waals surface area contributed by atoms with E-state index < -0.39 is 12.3 Å². The second kappa shape index (κ2) is 4.35. The molecule has 7 heteroatoms. The summed E-state index contributed by atoms with van der Waals surface area (Å²) in [6, 6.07) is 0.945. The molecule has 0 unspecified atom stereocenters. The van der Waals surface area contributed by atoms with Gasteiger partial charge in [-0.25, -0.2) is 13.8 Å². The minimum Gasteiger partial charge on any atom is -0.364 e. The first-order valence-electron chi connectivity index (χ1n) is 3.37. The lowest BCUT2D eigenvalue weighted by molar-refractivity contribution is 0.0995. The number of alkyl halides is 2. The number of nitrogens with zero attached hydrogens (tertiary/aromatic N) is 1. The van der Waals surface area contributed by atoms with Gasteiger partial charge in [-0.05, 0) is 28.7 Å². The Labute approximate surface area is 96.8 Å². The maximum absolute atomic E-state index is 12.4. The Morgan fingerprint density at radius 2 is 2.21 bits per heavy atom. The molecule has 1 rings (SSSR count). The summed E-state index contributed by atoms with van der Waals surface area (Å²) in [4.78, 5) is 14.3. The van der Waals surface area contributed by atoms with Crippen LogP contribution in [-0.4, -0.2) is 10.9 Å². The fourth-order valence-corrected chi connectivity index (χ4v) is 1.51. The van der Waals surface area contributed by atoms with Gasteiger partial charge in [-0.15, -0.1) is 0 Å². The molecule has 14 heavy (non-hydrogen) atoms. The van der Waals surface area contributed by atoms with Gasteiger partial charge in [0.15, 0.2) is 0 Å². The van der Waals surface area contributed by atoms with Gasteiger partial charge >= 0.3 is 0 Å². The molecule has 1 aromatic heterocycles. The lowest BCUT2D eigenvalue weighted by Gasteiger charge is -2.05. The molecule has 0 radical (unpaired) electrons. The highest BCUT2D eigenvalue weighted by Crippen LogP contribution is 2.29. The number of nitrogens with two attached hydrogens (primary N) is 1. The van der Waals surface area contributed by atoms with Crippen LogP contribution >= 0.6 is 34.2 Å². The normalized spacial score (nSPS) is 10.6. The molecule has 1 aromatic rings. The van der Waals surface area contributed by atoms with Gasteiger partial charge < -0.3 is 5.73 Å². The zero-order valence-electron chi connectivity index (χ0n) is 6.60. The lowest BCUT2D eigenvalue weighted by atomic mass is 10.2. The Morgan fingerprint density at radius 3 is 2.64 bits per heavy atom. The standard InChI is InChI=1S/C7H4ClF2IN2O/c8-5-4(11)2(6(9)10)1-3(13-5)7(12)14/h1,6H,(H2,12,14). The molecule has 1 heterocycles. The van der Waals surface area contributed by atoms with Crippen molar-refractivity contribution in [2.75, 3.05) is 0 Å². The molecule has 0 spiro atoms. The molecule has 0 saturated heterocycles. The number of amides is 1. The summed E-state index contributed by atoms with van der Waals surface area (Å²) >= 11 is 7.18. The van der Waals surface area contributed by atoms with E-state index in [4.69, 9.17) is 17.3 Å². The first kappa shape index (κ1) is 11.6. The topological polar surface area (TPSA) is 56.0 Å². The molecule has 2 N–H and O–H groups in total. The Hall–Kier alpha value is -0.500. The van der Waals surface area contributed by atoms with E-state index in [0.29, 0.717) is 0 Å². The van der Waals surface area contributed by atoms with Crippen LogP contribution in [0.3, 0.4) is 0 Å². The summed E-state index contributed by atoms with van der Waals surface area (Å²) in [5, 5.41) is -0.141. The fraction of sp³-hybridized carbons (Fsp3) is 0.143. The Morgan fingerprint density at radius 1 is 1.64 bits per heavy atom. The quantitative estimate of drug-likeness (QED) is 0.668. The van der Waals surface area contributed by atoms with Crippen LogP contribution in [0, 0.1) is 3.57 Å². The van der Waals surface area contributed by atoms with Crippen LogP contribution in [-0.2, 0) is 0 Å². The van der Waals surface area contributed by atoms with Crippen molar-refractivity contribution in [1.82, 2.24) is 4.98 Å². The van der Waals surface area contributed by atoms with Gasteiger partial charge in [-0.1, -0.05) is 11.6 Å². The predicted octanol–water partition coefficient (Wildman–Crippen LogP) is 2.38. The Bertz CT molecular complexity index is 386. The molecule has 0 atom stereocenters. The molecular formula is C7H4ClF2IN2O. The van der Waals surface area contributed by atoms with Crippen LogP contribution < -0.4 is 5.73 Å². The predicted molar refractivity (Wildman–Crippen MR) is 55.4 cm³/mol. The van der Waals surface area contributed by atoms with Crippen LogP contribution in [0.2, 0.25) is 5.15 Å². The van der Waals surface area contributed by atoms with Gasteiger partial charge in [0.05, 0.1) is 3.57 Å². The first-order chi connectivity index (χ1) is 6.43. The van der Waals surface area contributed by atoms with Crippen molar-refractivity contribution < 1.29 is 13.6 Å². The summed E-state index contributed by atoms with van der Waals surface area (Å²) in [5.41, 5.74) is 4.30. The highest BCUT2D eigenvalue weighted by Gasteiger charge is 2.18. The molecule has 0 aliphatic carbocycles. The summed E-state index contributed by atoms with van der Waals surface area (Å²) in [6.45, 7) is 0. The smallest absolute Gasteiger partial charge is 0.267 e. The maximum Gasteiger partial charge on any atom is 0.267 e. The molecule has 1 amide bonds. The van der Waals surface area contributed by atoms with Gasteiger partial charge in [0.2, 0.25) is 0 Å². The first-order valence-corrected chi connectivity index (χ1v) is 4.83. The number of primary amides is 1. The molecule has 0 aromatic carbocycles. The van der Waals surface area contributed by atoms with E-state index in [1.807, 2.05) is 0 Å². The van der Waals surface area contributed by atoms with Crippen LogP contribution in [0.5, 0.6) is 0 Å². The summed E-state index contributed by atoms with van der Waals surface area (Å²) in [5.74, 6) is -0.884. The van der Waals surface area contributed by atoms with Gasteiger partial charge in [-0.3, -0.25) is 4.79 Å². The highest BCUT2D eigenvalue weighted by molar-refractivity contribution is 14.1. The van der Waals surface area contributed by atoms with E-state index in [0.717, 1.165) is 6.07 Å². The number of rotatable bonds is 2. The third-order valence-electron chi connectivity index (χ3n) is 1.43. The van der Waals surface area contributed by atoms with E-state index in [-0.39, 0.29) is 20.0 Å². The Balaban J connectivity index is 3.35. The Kier molecular flexibility index (Phi) is 3.59. The van der Waals surface area contributed by atoms with Gasteiger partial charge in [0, 0.05) is 5.56 Å². The van der Waals surface area contributed by atoms with Gasteiger partial charge in [0.1, 0.15) is 10.8 Å². The number of hydrogen-bond acceptors (Lipinski definition) is 2. The number of aromatic nitrogens is 1. The largest absolute Gasteiger partial charge is 0.364 e. The molecule has 0 aliphatic heterocycles. The van der Waals surface area contributed by atoms with Gasteiger partial charge in [-0.2, -0.15) is 0 Å². The highest BCUT2D eigenvalue weighted by atomic mass is 127. The number of pyridine rings is 1. The van der Waals surface area contributed by atoms with Crippen molar-refractivity contribution in [3.63, 3.8) is 0 Å².